The molecule has 2 fully saturated rings. The average Bonchev–Trinajstić information content (AvgIpc) is 2.88. The van der Waals surface area contributed by atoms with E-state index in [1.165, 1.54) is 0 Å². The molecule has 1 heterocycles. The summed E-state index contributed by atoms with van der Waals surface area (Å²) >= 11 is 0. The van der Waals surface area contributed by atoms with Crippen LogP contribution in [0.1, 0.15) is 39.0 Å². The van der Waals surface area contributed by atoms with Gasteiger partial charge < -0.3 is 16.0 Å². The molecular formula is C14H29Cl2N3O. The van der Waals surface area contributed by atoms with Crippen molar-refractivity contribution in [2.24, 2.45) is 17.6 Å². The first kappa shape index (κ1) is 20.0. The van der Waals surface area contributed by atoms with E-state index < -0.39 is 0 Å². The maximum atomic E-state index is 12.3. The zero-order chi connectivity index (χ0) is 13.0. The van der Waals surface area contributed by atoms with Gasteiger partial charge in [-0.15, -0.1) is 24.8 Å². The second kappa shape index (κ2) is 9.82. The van der Waals surface area contributed by atoms with Crippen molar-refractivity contribution >= 4 is 30.7 Å². The van der Waals surface area contributed by atoms with Gasteiger partial charge in [-0.3, -0.25) is 4.79 Å². The van der Waals surface area contributed by atoms with Gasteiger partial charge in [0.05, 0.1) is 0 Å². The molecular weight excluding hydrogens is 297 g/mol. The number of nitrogens with two attached hydrogens (primary N) is 1. The Morgan fingerprint density at radius 1 is 1.20 bits per heavy atom. The van der Waals surface area contributed by atoms with Crippen molar-refractivity contribution in [1.82, 2.24) is 10.2 Å². The van der Waals surface area contributed by atoms with Gasteiger partial charge in [-0.2, -0.15) is 0 Å². The largest absolute Gasteiger partial charge is 0.353 e. The van der Waals surface area contributed by atoms with Crippen molar-refractivity contribution in [3.63, 3.8) is 0 Å². The highest BCUT2D eigenvalue weighted by atomic mass is 35.5. The Morgan fingerprint density at radius 2 is 1.85 bits per heavy atom. The average molecular weight is 326 g/mol. The fourth-order valence-corrected chi connectivity index (χ4v) is 3.37. The number of carbonyl (C=O) groups excluding carboxylic acids is 1. The Balaban J connectivity index is 0.00000180. The zero-order valence-electron chi connectivity index (χ0n) is 12.3. The van der Waals surface area contributed by atoms with Crippen LogP contribution in [0.2, 0.25) is 0 Å². The number of hydrogen-bond acceptors (Lipinski definition) is 3. The first-order valence-corrected chi connectivity index (χ1v) is 7.47. The summed E-state index contributed by atoms with van der Waals surface area (Å²) in [5, 5.41) is 3.25. The van der Waals surface area contributed by atoms with Gasteiger partial charge in [-0.05, 0) is 44.7 Å². The topological polar surface area (TPSA) is 58.4 Å². The van der Waals surface area contributed by atoms with Gasteiger partial charge in [0, 0.05) is 25.0 Å². The van der Waals surface area contributed by atoms with E-state index in [4.69, 9.17) is 5.73 Å². The molecule has 1 aliphatic heterocycles. The highest BCUT2D eigenvalue weighted by Gasteiger charge is 2.33. The van der Waals surface area contributed by atoms with Crippen LogP contribution in [0.25, 0.3) is 0 Å². The number of nitrogens with one attached hydrogen (secondary N) is 1. The highest BCUT2D eigenvalue weighted by molar-refractivity contribution is 5.85. The first-order chi connectivity index (χ1) is 8.74. The standard InChI is InChI=1S/C14H27N3O.2ClH/c1-2-17-8-6-12(7-9-17)16-14(18)13-5-3-4-11(13)10-15;;/h11-13H,2-10,15H2,1H3,(H,16,18);2*1H/t11-,13-;;/m1../s1. The molecule has 0 aromatic carbocycles. The van der Waals surface area contributed by atoms with Gasteiger partial charge in [-0.1, -0.05) is 13.3 Å². The van der Waals surface area contributed by atoms with Crippen molar-refractivity contribution in [3.8, 4) is 0 Å². The lowest BCUT2D eigenvalue weighted by Crippen LogP contribution is -2.47. The monoisotopic (exact) mass is 325 g/mol. The zero-order valence-corrected chi connectivity index (χ0v) is 14.0. The molecule has 3 N–H and O–H groups in total. The molecule has 0 radical (unpaired) electrons. The number of likely N-dealkylation sites (tertiary alicyclic amines) is 1. The van der Waals surface area contributed by atoms with E-state index in [2.05, 4.69) is 17.1 Å². The van der Waals surface area contributed by atoms with Gasteiger partial charge >= 0.3 is 0 Å². The maximum absolute atomic E-state index is 12.3. The van der Waals surface area contributed by atoms with Crippen LogP contribution in [-0.2, 0) is 4.79 Å². The molecule has 0 aromatic heterocycles. The molecule has 120 valence electrons. The molecule has 0 aromatic rings. The van der Waals surface area contributed by atoms with E-state index in [0.717, 1.165) is 51.7 Å². The molecule has 1 aliphatic carbocycles. The molecule has 4 nitrogen and oxygen atoms in total. The normalized spacial score (nSPS) is 27.5. The number of carbonyl (C=O) groups is 1. The van der Waals surface area contributed by atoms with E-state index in [1.54, 1.807) is 0 Å². The predicted molar refractivity (Wildman–Crippen MR) is 87.7 cm³/mol. The van der Waals surface area contributed by atoms with Crippen LogP contribution in [-0.4, -0.2) is 43.0 Å². The Labute approximate surface area is 135 Å². The van der Waals surface area contributed by atoms with Crippen molar-refractivity contribution in [2.75, 3.05) is 26.2 Å². The van der Waals surface area contributed by atoms with Crippen LogP contribution in [0.15, 0.2) is 0 Å². The summed E-state index contributed by atoms with van der Waals surface area (Å²) in [7, 11) is 0. The van der Waals surface area contributed by atoms with Gasteiger partial charge in [0.2, 0.25) is 5.91 Å². The second-order valence-electron chi connectivity index (χ2n) is 5.75. The van der Waals surface area contributed by atoms with Crippen LogP contribution in [0.3, 0.4) is 0 Å². The quantitative estimate of drug-likeness (QED) is 0.828. The second-order valence-corrected chi connectivity index (χ2v) is 5.75. The van der Waals surface area contributed by atoms with E-state index >= 15 is 0 Å². The molecule has 1 saturated heterocycles. The minimum Gasteiger partial charge on any atom is -0.353 e. The van der Waals surface area contributed by atoms with E-state index in [0.29, 0.717) is 18.5 Å². The van der Waals surface area contributed by atoms with Gasteiger partial charge in [0.1, 0.15) is 0 Å². The predicted octanol–water partition coefficient (Wildman–Crippen LogP) is 1.81. The third kappa shape index (κ3) is 5.06. The van der Waals surface area contributed by atoms with E-state index in [1.807, 2.05) is 0 Å². The number of rotatable bonds is 4. The fraction of sp³-hybridized carbons (Fsp3) is 0.929. The first-order valence-electron chi connectivity index (χ1n) is 7.47. The van der Waals surface area contributed by atoms with Crippen molar-refractivity contribution in [1.29, 1.82) is 0 Å². The summed E-state index contributed by atoms with van der Waals surface area (Å²) in [6.07, 6.45) is 5.51. The molecule has 2 atom stereocenters. The van der Waals surface area contributed by atoms with Crippen LogP contribution >= 0.6 is 24.8 Å². The molecule has 0 spiro atoms. The number of amides is 1. The van der Waals surface area contributed by atoms with Crippen LogP contribution in [0.4, 0.5) is 0 Å². The van der Waals surface area contributed by atoms with E-state index in [-0.39, 0.29) is 36.6 Å². The van der Waals surface area contributed by atoms with Crippen molar-refractivity contribution in [3.05, 3.63) is 0 Å². The van der Waals surface area contributed by atoms with Crippen LogP contribution in [0, 0.1) is 11.8 Å². The minimum atomic E-state index is 0. The van der Waals surface area contributed by atoms with Crippen molar-refractivity contribution < 1.29 is 4.79 Å². The SMILES string of the molecule is CCN1CCC(NC(=O)[C@@H]2CCC[C@@H]2CN)CC1.Cl.Cl. The number of nitrogens with zero attached hydrogens (tertiary/aromatic N) is 1. The fourth-order valence-electron chi connectivity index (χ4n) is 3.37. The van der Waals surface area contributed by atoms with Crippen LogP contribution in [0.5, 0.6) is 0 Å². The smallest absolute Gasteiger partial charge is 0.223 e. The lowest BCUT2D eigenvalue weighted by atomic mass is 9.94. The molecule has 0 unspecified atom stereocenters. The summed E-state index contributed by atoms with van der Waals surface area (Å²) in [4.78, 5) is 14.7. The molecule has 2 aliphatic rings. The number of piperidine rings is 1. The van der Waals surface area contributed by atoms with Crippen molar-refractivity contribution in [2.45, 2.75) is 45.1 Å². The van der Waals surface area contributed by atoms with Gasteiger partial charge in [0.25, 0.3) is 0 Å². The van der Waals surface area contributed by atoms with Crippen LogP contribution < -0.4 is 11.1 Å². The summed E-state index contributed by atoms with van der Waals surface area (Å²) in [5.41, 5.74) is 5.74. The molecule has 1 amide bonds. The summed E-state index contributed by atoms with van der Waals surface area (Å²) in [5.74, 6) is 0.859. The highest BCUT2D eigenvalue weighted by Crippen LogP contribution is 2.31. The Hall–Kier alpha value is -0.0300. The lowest BCUT2D eigenvalue weighted by molar-refractivity contribution is -0.127. The number of halogens is 2. The Bertz CT molecular complexity index is 284. The Kier molecular flexibility index (Phi) is 9.81. The molecule has 20 heavy (non-hydrogen) atoms. The third-order valence-corrected chi connectivity index (χ3v) is 4.68. The summed E-state index contributed by atoms with van der Waals surface area (Å²) < 4.78 is 0. The number of hydrogen-bond donors (Lipinski definition) is 2. The lowest BCUT2D eigenvalue weighted by Gasteiger charge is -2.32. The van der Waals surface area contributed by atoms with E-state index in [9.17, 15) is 4.79 Å². The molecule has 1 saturated carbocycles. The molecule has 2 rings (SSSR count). The van der Waals surface area contributed by atoms with Gasteiger partial charge in [0.15, 0.2) is 0 Å². The minimum absolute atomic E-state index is 0. The molecule has 0 bridgehead atoms. The molecule has 6 heteroatoms. The van der Waals surface area contributed by atoms with Gasteiger partial charge in [-0.25, -0.2) is 0 Å². The summed E-state index contributed by atoms with van der Waals surface area (Å²) in [6.45, 7) is 6.22. The third-order valence-electron chi connectivity index (χ3n) is 4.68. The Morgan fingerprint density at radius 3 is 2.40 bits per heavy atom. The maximum Gasteiger partial charge on any atom is 0.223 e. The summed E-state index contributed by atoms with van der Waals surface area (Å²) in [6, 6.07) is 0.388.